The van der Waals surface area contributed by atoms with Crippen molar-refractivity contribution in [3.63, 3.8) is 0 Å². The number of esters is 1. The average molecular weight is 401 g/mol. The highest BCUT2D eigenvalue weighted by Crippen LogP contribution is 2.38. The smallest absolute Gasteiger partial charge is 0.330 e. The molecule has 0 spiro atoms. The van der Waals surface area contributed by atoms with E-state index >= 15 is 0 Å². The molecule has 8 nitrogen and oxygen atoms in total. The lowest BCUT2D eigenvalue weighted by molar-refractivity contribution is -0.146. The number of rotatable bonds is 5. The molecule has 1 aliphatic rings. The molecule has 0 saturated carbocycles. The van der Waals surface area contributed by atoms with E-state index in [1.165, 1.54) is 4.80 Å². The van der Waals surface area contributed by atoms with E-state index in [1.54, 1.807) is 12.1 Å². The molecular weight excluding hydrogens is 384 g/mol. The number of fused-ring (bicyclic) bond motifs is 1. The molecule has 2 aromatic carbocycles. The Bertz CT molecular complexity index is 1000. The van der Waals surface area contributed by atoms with Gasteiger partial charge in [-0.3, -0.25) is 0 Å². The molecule has 0 fully saturated rings. The number of ether oxygens (including phenoxy) is 3. The van der Waals surface area contributed by atoms with Crippen LogP contribution in [0.5, 0.6) is 11.5 Å². The maximum atomic E-state index is 12.1. The fraction of sp³-hybridized carbons (Fsp3) is 0.263. The van der Waals surface area contributed by atoms with E-state index in [4.69, 9.17) is 25.8 Å². The molecule has 0 saturated heterocycles. The van der Waals surface area contributed by atoms with Crippen molar-refractivity contribution in [1.82, 2.24) is 20.2 Å². The van der Waals surface area contributed by atoms with Crippen molar-refractivity contribution < 1.29 is 19.0 Å². The number of aromatic nitrogens is 4. The number of hydrogen-bond acceptors (Lipinski definition) is 7. The van der Waals surface area contributed by atoms with Crippen LogP contribution in [0.15, 0.2) is 36.4 Å². The van der Waals surface area contributed by atoms with Gasteiger partial charge in [0, 0.05) is 5.56 Å². The van der Waals surface area contributed by atoms with Crippen LogP contribution in [0.1, 0.15) is 11.1 Å². The number of benzene rings is 2. The maximum absolute atomic E-state index is 12.1. The van der Waals surface area contributed by atoms with Crippen molar-refractivity contribution in [2.24, 2.45) is 0 Å². The molecule has 9 heteroatoms. The zero-order valence-electron chi connectivity index (χ0n) is 15.1. The van der Waals surface area contributed by atoms with E-state index in [0.29, 0.717) is 41.1 Å². The van der Waals surface area contributed by atoms with Crippen LogP contribution in [-0.4, -0.2) is 39.4 Å². The van der Waals surface area contributed by atoms with Crippen molar-refractivity contribution in [1.29, 1.82) is 0 Å². The van der Waals surface area contributed by atoms with Crippen molar-refractivity contribution in [2.45, 2.75) is 20.1 Å². The molecule has 1 aromatic heterocycles. The fourth-order valence-corrected chi connectivity index (χ4v) is 2.99. The minimum Gasteiger partial charge on any atom is -0.486 e. The second-order valence-electron chi connectivity index (χ2n) is 6.27. The van der Waals surface area contributed by atoms with E-state index in [0.717, 1.165) is 11.1 Å². The van der Waals surface area contributed by atoms with Gasteiger partial charge >= 0.3 is 5.97 Å². The van der Waals surface area contributed by atoms with Crippen LogP contribution in [0.3, 0.4) is 0 Å². The third-order valence-corrected chi connectivity index (χ3v) is 4.37. The SMILES string of the molecule is Cc1ccc(-c2nnn(CC(=O)OCc3cc(Cl)c4c(c3)OCCO4)n2)cc1. The molecule has 0 radical (unpaired) electrons. The third-order valence-electron chi connectivity index (χ3n) is 4.09. The molecule has 144 valence electrons. The van der Waals surface area contributed by atoms with Gasteiger partial charge in [-0.15, -0.1) is 10.2 Å². The Kier molecular flexibility index (Phi) is 5.12. The average Bonchev–Trinajstić information content (AvgIpc) is 3.15. The number of carbonyl (C=O) groups is 1. The molecule has 3 aromatic rings. The van der Waals surface area contributed by atoms with E-state index in [2.05, 4.69) is 15.4 Å². The van der Waals surface area contributed by atoms with Crippen molar-refractivity contribution in [3.05, 3.63) is 52.5 Å². The Balaban J connectivity index is 1.36. The van der Waals surface area contributed by atoms with E-state index in [1.807, 2.05) is 31.2 Å². The van der Waals surface area contributed by atoms with Crippen LogP contribution in [0.2, 0.25) is 5.02 Å². The van der Waals surface area contributed by atoms with E-state index in [9.17, 15) is 4.79 Å². The molecule has 0 amide bonds. The predicted molar refractivity (Wildman–Crippen MR) is 100 cm³/mol. The zero-order valence-corrected chi connectivity index (χ0v) is 15.8. The summed E-state index contributed by atoms with van der Waals surface area (Å²) in [5.74, 6) is 1.02. The largest absolute Gasteiger partial charge is 0.486 e. The Hall–Kier alpha value is -3.13. The first-order valence-corrected chi connectivity index (χ1v) is 9.05. The minimum absolute atomic E-state index is 0.0503. The Morgan fingerprint density at radius 1 is 1.21 bits per heavy atom. The monoisotopic (exact) mass is 400 g/mol. The summed E-state index contributed by atoms with van der Waals surface area (Å²) in [5.41, 5.74) is 2.67. The minimum atomic E-state index is -0.487. The summed E-state index contributed by atoms with van der Waals surface area (Å²) in [6.45, 7) is 2.81. The van der Waals surface area contributed by atoms with Gasteiger partial charge in [0.25, 0.3) is 0 Å². The number of aryl methyl sites for hydroxylation is 1. The summed E-state index contributed by atoms with van der Waals surface area (Å²) in [4.78, 5) is 13.3. The Morgan fingerprint density at radius 3 is 2.82 bits per heavy atom. The van der Waals surface area contributed by atoms with Gasteiger partial charge < -0.3 is 14.2 Å². The first kappa shape index (κ1) is 18.2. The molecule has 2 heterocycles. The second-order valence-corrected chi connectivity index (χ2v) is 6.68. The quantitative estimate of drug-likeness (QED) is 0.608. The number of hydrogen-bond donors (Lipinski definition) is 0. The lowest BCUT2D eigenvalue weighted by Crippen LogP contribution is -2.17. The molecule has 0 aliphatic carbocycles. The van der Waals surface area contributed by atoms with E-state index in [-0.39, 0.29) is 13.2 Å². The van der Waals surface area contributed by atoms with Crippen molar-refractivity contribution in [2.75, 3.05) is 13.2 Å². The normalized spacial score (nSPS) is 12.6. The van der Waals surface area contributed by atoms with E-state index < -0.39 is 5.97 Å². The van der Waals surface area contributed by atoms with Gasteiger partial charge in [-0.05, 0) is 29.8 Å². The summed E-state index contributed by atoms with van der Waals surface area (Å²) in [6.07, 6.45) is 0. The number of nitrogens with zero attached hydrogens (tertiary/aromatic N) is 4. The molecular formula is C19H17ClN4O4. The Labute approximate surface area is 166 Å². The summed E-state index contributed by atoms with van der Waals surface area (Å²) in [6, 6.07) is 11.2. The van der Waals surface area contributed by atoms with Crippen LogP contribution in [-0.2, 0) is 22.7 Å². The predicted octanol–water partition coefficient (Wildman–Crippen LogP) is 2.82. The molecule has 1 aliphatic heterocycles. The fourth-order valence-electron chi connectivity index (χ4n) is 2.70. The first-order chi connectivity index (χ1) is 13.6. The lowest BCUT2D eigenvalue weighted by atomic mass is 10.1. The van der Waals surface area contributed by atoms with Crippen LogP contribution >= 0.6 is 11.6 Å². The first-order valence-electron chi connectivity index (χ1n) is 8.67. The maximum Gasteiger partial charge on any atom is 0.330 e. The summed E-state index contributed by atoms with van der Waals surface area (Å²) in [7, 11) is 0. The van der Waals surface area contributed by atoms with Gasteiger partial charge in [0.15, 0.2) is 18.0 Å². The number of tetrazole rings is 1. The van der Waals surface area contributed by atoms with Gasteiger partial charge in [0.05, 0.1) is 5.02 Å². The third kappa shape index (κ3) is 4.07. The second kappa shape index (κ2) is 7.85. The summed E-state index contributed by atoms with van der Waals surface area (Å²) >= 11 is 6.19. The molecule has 0 N–H and O–H groups in total. The summed E-state index contributed by atoms with van der Waals surface area (Å²) in [5, 5.41) is 12.5. The number of carbonyl (C=O) groups excluding carboxylic acids is 1. The van der Waals surface area contributed by atoms with Crippen LogP contribution < -0.4 is 9.47 Å². The van der Waals surface area contributed by atoms with Gasteiger partial charge in [-0.1, -0.05) is 41.4 Å². The van der Waals surface area contributed by atoms with Gasteiger partial charge in [-0.25, -0.2) is 4.79 Å². The Morgan fingerprint density at radius 2 is 2.00 bits per heavy atom. The molecule has 0 unspecified atom stereocenters. The van der Waals surface area contributed by atoms with Crippen molar-refractivity contribution >= 4 is 17.6 Å². The lowest BCUT2D eigenvalue weighted by Gasteiger charge is -2.20. The zero-order chi connectivity index (χ0) is 19.5. The van der Waals surface area contributed by atoms with Gasteiger partial charge in [-0.2, -0.15) is 4.80 Å². The molecule has 28 heavy (non-hydrogen) atoms. The van der Waals surface area contributed by atoms with Gasteiger partial charge in [0.2, 0.25) is 5.82 Å². The van der Waals surface area contributed by atoms with Crippen LogP contribution in [0.4, 0.5) is 0 Å². The van der Waals surface area contributed by atoms with Crippen LogP contribution in [0, 0.1) is 6.92 Å². The molecule has 0 atom stereocenters. The van der Waals surface area contributed by atoms with Gasteiger partial charge in [0.1, 0.15) is 19.8 Å². The highest BCUT2D eigenvalue weighted by molar-refractivity contribution is 6.32. The highest BCUT2D eigenvalue weighted by atomic mass is 35.5. The van der Waals surface area contributed by atoms with Crippen molar-refractivity contribution in [3.8, 4) is 22.9 Å². The number of halogens is 1. The molecule has 4 rings (SSSR count). The van der Waals surface area contributed by atoms with Crippen LogP contribution in [0.25, 0.3) is 11.4 Å². The molecule has 0 bridgehead atoms. The standard InChI is InChI=1S/C19H17ClN4O4/c1-12-2-4-14(5-3-12)19-21-23-24(22-19)10-17(25)28-11-13-8-15(20)18-16(9-13)26-6-7-27-18/h2-5,8-9H,6-7,10-11H2,1H3. The highest BCUT2D eigenvalue weighted by Gasteiger charge is 2.17. The summed E-state index contributed by atoms with van der Waals surface area (Å²) < 4.78 is 16.3. The topological polar surface area (TPSA) is 88.4 Å².